The normalized spacial score (nSPS) is 16.7. The van der Waals surface area contributed by atoms with Gasteiger partial charge in [-0.05, 0) is 50.1 Å². The van der Waals surface area contributed by atoms with Crippen molar-refractivity contribution in [1.82, 2.24) is 0 Å². The predicted molar refractivity (Wildman–Crippen MR) is 103 cm³/mol. The van der Waals surface area contributed by atoms with Crippen LogP contribution in [0.15, 0.2) is 42.5 Å². The van der Waals surface area contributed by atoms with E-state index in [2.05, 4.69) is 5.32 Å². The van der Waals surface area contributed by atoms with Crippen LogP contribution in [0.2, 0.25) is 0 Å². The highest BCUT2D eigenvalue weighted by atomic mass is 16.5. The van der Waals surface area contributed by atoms with E-state index in [0.29, 0.717) is 18.9 Å². The fourth-order valence-electron chi connectivity index (χ4n) is 3.20. The number of aryl methyl sites for hydroxylation is 1. The molecule has 1 saturated heterocycles. The number of para-hydroxylation sites is 2. The number of amides is 2. The third-order valence-corrected chi connectivity index (χ3v) is 4.81. The number of benzene rings is 2. The first kappa shape index (κ1) is 18.0. The molecule has 0 spiro atoms. The van der Waals surface area contributed by atoms with Gasteiger partial charge < -0.3 is 15.0 Å². The van der Waals surface area contributed by atoms with Gasteiger partial charge in [0.15, 0.2) is 0 Å². The molecule has 1 fully saturated rings. The molecule has 2 aromatic rings. The smallest absolute Gasteiger partial charge is 0.229 e. The zero-order valence-electron chi connectivity index (χ0n) is 15.4. The van der Waals surface area contributed by atoms with Crippen LogP contribution < -0.4 is 15.0 Å². The van der Waals surface area contributed by atoms with Crippen LogP contribution in [0.3, 0.4) is 0 Å². The third-order valence-electron chi connectivity index (χ3n) is 4.81. The van der Waals surface area contributed by atoms with Gasteiger partial charge in [-0.3, -0.25) is 9.59 Å². The van der Waals surface area contributed by atoms with Gasteiger partial charge in [0.1, 0.15) is 5.75 Å². The summed E-state index contributed by atoms with van der Waals surface area (Å²) < 4.78 is 5.62. The summed E-state index contributed by atoms with van der Waals surface area (Å²) >= 11 is 0. The van der Waals surface area contributed by atoms with Crippen LogP contribution in [0.25, 0.3) is 0 Å². The van der Waals surface area contributed by atoms with Gasteiger partial charge in [-0.2, -0.15) is 0 Å². The van der Waals surface area contributed by atoms with Gasteiger partial charge in [0.05, 0.1) is 18.2 Å². The predicted octanol–water partition coefficient (Wildman–Crippen LogP) is 3.69. The molecule has 0 aliphatic carbocycles. The summed E-state index contributed by atoms with van der Waals surface area (Å²) in [5.74, 6) is 0.109. The van der Waals surface area contributed by atoms with Crippen molar-refractivity contribution >= 4 is 23.2 Å². The molecule has 1 N–H and O–H groups in total. The molecule has 2 amide bonds. The van der Waals surface area contributed by atoms with Crippen molar-refractivity contribution in [2.24, 2.45) is 5.92 Å². The molecule has 1 atom stereocenters. The van der Waals surface area contributed by atoms with Crippen molar-refractivity contribution in [3.8, 4) is 5.75 Å². The molecule has 2 aromatic carbocycles. The third kappa shape index (κ3) is 3.57. The minimum Gasteiger partial charge on any atom is -0.492 e. The second-order valence-corrected chi connectivity index (χ2v) is 6.54. The number of carbonyl (C=O) groups is 2. The Balaban J connectivity index is 1.75. The van der Waals surface area contributed by atoms with Gasteiger partial charge >= 0.3 is 0 Å². The number of nitrogens with zero attached hydrogens (tertiary/aromatic N) is 1. The highest BCUT2D eigenvalue weighted by molar-refractivity contribution is 6.04. The zero-order valence-corrected chi connectivity index (χ0v) is 15.4. The lowest BCUT2D eigenvalue weighted by molar-refractivity contribution is -0.122. The summed E-state index contributed by atoms with van der Waals surface area (Å²) in [5.41, 5.74) is 3.69. The Hall–Kier alpha value is -2.82. The second-order valence-electron chi connectivity index (χ2n) is 6.54. The van der Waals surface area contributed by atoms with Crippen molar-refractivity contribution in [3.63, 3.8) is 0 Å². The molecule has 136 valence electrons. The number of carbonyl (C=O) groups excluding carboxylic acids is 2. The van der Waals surface area contributed by atoms with Crippen molar-refractivity contribution in [2.45, 2.75) is 27.2 Å². The van der Waals surface area contributed by atoms with E-state index in [0.717, 1.165) is 22.5 Å². The monoisotopic (exact) mass is 352 g/mol. The zero-order chi connectivity index (χ0) is 18.7. The fraction of sp³-hybridized carbons (Fsp3) is 0.333. The van der Waals surface area contributed by atoms with E-state index in [1.807, 2.05) is 63.2 Å². The van der Waals surface area contributed by atoms with E-state index in [4.69, 9.17) is 4.74 Å². The maximum absolute atomic E-state index is 12.7. The first-order valence-electron chi connectivity index (χ1n) is 8.90. The fourth-order valence-corrected chi connectivity index (χ4v) is 3.20. The highest BCUT2D eigenvalue weighted by Gasteiger charge is 2.36. The number of hydrogen-bond acceptors (Lipinski definition) is 3. The van der Waals surface area contributed by atoms with Gasteiger partial charge in [-0.1, -0.05) is 24.3 Å². The molecule has 1 aliphatic rings. The molecule has 1 heterocycles. The average molecular weight is 352 g/mol. The lowest BCUT2D eigenvalue weighted by atomic mass is 10.1. The Morgan fingerprint density at radius 2 is 1.96 bits per heavy atom. The van der Waals surface area contributed by atoms with Crippen LogP contribution in [-0.4, -0.2) is 25.0 Å². The van der Waals surface area contributed by atoms with E-state index in [9.17, 15) is 9.59 Å². The van der Waals surface area contributed by atoms with E-state index in [-0.39, 0.29) is 24.2 Å². The topological polar surface area (TPSA) is 58.6 Å². The molecule has 0 bridgehead atoms. The van der Waals surface area contributed by atoms with Crippen molar-refractivity contribution in [2.75, 3.05) is 23.4 Å². The Kier molecular flexibility index (Phi) is 5.26. The Morgan fingerprint density at radius 3 is 2.73 bits per heavy atom. The summed E-state index contributed by atoms with van der Waals surface area (Å²) in [6.45, 7) is 6.78. The highest BCUT2D eigenvalue weighted by Crippen LogP contribution is 2.33. The molecular weight excluding hydrogens is 328 g/mol. The van der Waals surface area contributed by atoms with Crippen LogP contribution in [0.1, 0.15) is 24.5 Å². The summed E-state index contributed by atoms with van der Waals surface area (Å²) in [5, 5.41) is 2.98. The summed E-state index contributed by atoms with van der Waals surface area (Å²) in [6.07, 6.45) is 0.206. The van der Waals surface area contributed by atoms with E-state index < -0.39 is 0 Å². The van der Waals surface area contributed by atoms with Crippen LogP contribution in [0.5, 0.6) is 5.75 Å². The molecule has 3 rings (SSSR count). The number of nitrogens with one attached hydrogen (secondary N) is 1. The van der Waals surface area contributed by atoms with Gasteiger partial charge in [0, 0.05) is 18.7 Å². The second kappa shape index (κ2) is 7.60. The van der Waals surface area contributed by atoms with E-state index in [1.54, 1.807) is 4.90 Å². The summed E-state index contributed by atoms with van der Waals surface area (Å²) in [6, 6.07) is 13.3. The molecule has 0 unspecified atom stereocenters. The first-order valence-corrected chi connectivity index (χ1v) is 8.90. The molecule has 5 heteroatoms. The summed E-state index contributed by atoms with van der Waals surface area (Å²) in [4.78, 5) is 26.9. The molecule has 0 aromatic heterocycles. The molecule has 26 heavy (non-hydrogen) atoms. The van der Waals surface area contributed by atoms with Crippen LogP contribution in [-0.2, 0) is 9.59 Å². The van der Waals surface area contributed by atoms with Crippen molar-refractivity contribution in [3.05, 3.63) is 53.6 Å². The Morgan fingerprint density at radius 1 is 1.19 bits per heavy atom. The SMILES string of the molecule is CCOc1ccccc1N1C[C@@H](C(=O)Nc2cccc(C)c2C)CC1=O. The lowest BCUT2D eigenvalue weighted by Crippen LogP contribution is -2.28. The number of anilines is 2. The number of rotatable bonds is 5. The molecule has 1 aliphatic heterocycles. The van der Waals surface area contributed by atoms with Gasteiger partial charge in [0.2, 0.25) is 11.8 Å². The average Bonchev–Trinajstić information content (AvgIpc) is 3.01. The largest absolute Gasteiger partial charge is 0.492 e. The van der Waals surface area contributed by atoms with E-state index >= 15 is 0 Å². The summed E-state index contributed by atoms with van der Waals surface area (Å²) in [7, 11) is 0. The van der Waals surface area contributed by atoms with E-state index in [1.165, 1.54) is 0 Å². The number of ether oxygens (including phenoxy) is 1. The van der Waals surface area contributed by atoms with Crippen LogP contribution in [0.4, 0.5) is 11.4 Å². The molecule has 0 saturated carbocycles. The molecule has 5 nitrogen and oxygen atoms in total. The standard InChI is InChI=1S/C21H24N2O3/c1-4-26-19-11-6-5-10-18(19)23-13-16(12-20(23)24)21(25)22-17-9-7-8-14(2)15(17)3/h5-11,16H,4,12-13H2,1-3H3,(H,22,25)/t16-/m0/s1. The molecule has 0 radical (unpaired) electrons. The minimum atomic E-state index is -0.378. The van der Waals surface area contributed by atoms with Crippen molar-refractivity contribution in [1.29, 1.82) is 0 Å². The van der Waals surface area contributed by atoms with Crippen molar-refractivity contribution < 1.29 is 14.3 Å². The van der Waals surface area contributed by atoms with Gasteiger partial charge in [0.25, 0.3) is 0 Å². The first-order chi connectivity index (χ1) is 12.5. The Labute approximate surface area is 154 Å². The quantitative estimate of drug-likeness (QED) is 0.893. The maximum Gasteiger partial charge on any atom is 0.229 e. The lowest BCUT2D eigenvalue weighted by Gasteiger charge is -2.20. The van der Waals surface area contributed by atoms with Crippen LogP contribution >= 0.6 is 0 Å². The maximum atomic E-state index is 12.7. The minimum absolute atomic E-state index is 0.0572. The van der Waals surface area contributed by atoms with Crippen LogP contribution in [0, 0.1) is 19.8 Å². The van der Waals surface area contributed by atoms with Gasteiger partial charge in [-0.25, -0.2) is 0 Å². The number of hydrogen-bond donors (Lipinski definition) is 1. The van der Waals surface area contributed by atoms with Gasteiger partial charge in [-0.15, -0.1) is 0 Å². The molecular formula is C21H24N2O3. The Bertz CT molecular complexity index is 832.